The number of ether oxygens (including phenoxy) is 1. The predicted molar refractivity (Wildman–Crippen MR) is 73.7 cm³/mol. The molecule has 0 N–H and O–H groups in total. The van der Waals surface area contributed by atoms with E-state index in [4.69, 9.17) is 4.74 Å². The molecular formula is C14H19NO2S. The minimum absolute atomic E-state index is 0.252. The number of benzene rings is 1. The fourth-order valence-corrected chi connectivity index (χ4v) is 2.71. The highest BCUT2D eigenvalue weighted by Crippen LogP contribution is 2.23. The average molecular weight is 265 g/mol. The first kappa shape index (κ1) is 13.6. The molecule has 0 saturated carbocycles. The molecule has 0 bridgehead atoms. The summed E-state index contributed by atoms with van der Waals surface area (Å²) in [6.45, 7) is 5.25. The van der Waals surface area contributed by atoms with E-state index in [1.54, 1.807) is 18.9 Å². The van der Waals surface area contributed by atoms with Crippen LogP contribution in [0, 0.1) is 0 Å². The third-order valence-corrected chi connectivity index (χ3v) is 4.00. The molecular weight excluding hydrogens is 246 g/mol. The maximum atomic E-state index is 10.9. The summed E-state index contributed by atoms with van der Waals surface area (Å²) in [7, 11) is 0. The van der Waals surface area contributed by atoms with Gasteiger partial charge in [-0.2, -0.15) is 0 Å². The van der Waals surface area contributed by atoms with Gasteiger partial charge in [-0.3, -0.25) is 0 Å². The van der Waals surface area contributed by atoms with Crippen LogP contribution in [-0.4, -0.2) is 36.4 Å². The first-order valence-corrected chi connectivity index (χ1v) is 7.10. The van der Waals surface area contributed by atoms with Crippen LogP contribution in [0.4, 0.5) is 0 Å². The Kier molecular flexibility index (Phi) is 5.23. The number of morpholine rings is 1. The summed E-state index contributed by atoms with van der Waals surface area (Å²) in [5.74, 6) is 0.252. The van der Waals surface area contributed by atoms with Crippen LogP contribution in [0.1, 0.15) is 18.9 Å². The third kappa shape index (κ3) is 4.44. The minimum atomic E-state index is 0.252. The second-order valence-corrected chi connectivity index (χ2v) is 5.65. The number of aryl methyl sites for hydroxylation is 1. The summed E-state index contributed by atoms with van der Waals surface area (Å²) in [5, 5.41) is 0. The van der Waals surface area contributed by atoms with Gasteiger partial charge in [0.1, 0.15) is 5.78 Å². The van der Waals surface area contributed by atoms with E-state index in [0.717, 1.165) is 32.7 Å². The normalized spacial score (nSPS) is 16.7. The second kappa shape index (κ2) is 6.92. The Hall–Kier alpha value is -0.840. The van der Waals surface area contributed by atoms with E-state index in [1.807, 2.05) is 0 Å². The highest BCUT2D eigenvalue weighted by Gasteiger charge is 2.11. The number of carbonyl (C=O) groups is 1. The molecule has 0 spiro atoms. The largest absolute Gasteiger partial charge is 0.379 e. The predicted octanol–water partition coefficient (Wildman–Crippen LogP) is 2.55. The van der Waals surface area contributed by atoms with Crippen molar-refractivity contribution in [3.8, 4) is 0 Å². The Morgan fingerprint density at radius 2 is 1.94 bits per heavy atom. The van der Waals surface area contributed by atoms with Crippen LogP contribution < -0.4 is 0 Å². The number of hydrogen-bond acceptors (Lipinski definition) is 4. The highest BCUT2D eigenvalue weighted by molar-refractivity contribution is 7.97. The van der Waals surface area contributed by atoms with Gasteiger partial charge in [0.15, 0.2) is 0 Å². The van der Waals surface area contributed by atoms with Crippen molar-refractivity contribution < 1.29 is 9.53 Å². The first-order chi connectivity index (χ1) is 8.74. The molecule has 0 radical (unpaired) electrons. The summed E-state index contributed by atoms with van der Waals surface area (Å²) >= 11 is 1.78. The lowest BCUT2D eigenvalue weighted by Gasteiger charge is -2.25. The van der Waals surface area contributed by atoms with Gasteiger partial charge < -0.3 is 9.53 Å². The quantitative estimate of drug-likeness (QED) is 0.765. The maximum Gasteiger partial charge on any atom is 0.130 e. The lowest BCUT2D eigenvalue weighted by molar-refractivity contribution is -0.116. The number of ketones is 1. The zero-order valence-corrected chi connectivity index (χ0v) is 11.5. The molecule has 0 aromatic heterocycles. The Morgan fingerprint density at radius 1 is 1.28 bits per heavy atom. The Bertz CT molecular complexity index is 385. The van der Waals surface area contributed by atoms with Crippen molar-refractivity contribution in [1.82, 2.24) is 4.31 Å². The lowest BCUT2D eigenvalue weighted by atomic mass is 10.1. The second-order valence-electron chi connectivity index (χ2n) is 4.48. The first-order valence-electron chi connectivity index (χ1n) is 6.33. The van der Waals surface area contributed by atoms with Crippen molar-refractivity contribution >= 4 is 17.7 Å². The van der Waals surface area contributed by atoms with E-state index in [-0.39, 0.29) is 5.78 Å². The average Bonchev–Trinajstić information content (AvgIpc) is 2.39. The van der Waals surface area contributed by atoms with E-state index in [9.17, 15) is 4.79 Å². The van der Waals surface area contributed by atoms with Crippen LogP contribution in [0.25, 0.3) is 0 Å². The van der Waals surface area contributed by atoms with E-state index in [0.29, 0.717) is 6.42 Å². The van der Waals surface area contributed by atoms with E-state index < -0.39 is 0 Å². The summed E-state index contributed by atoms with van der Waals surface area (Å²) in [6.07, 6.45) is 1.48. The van der Waals surface area contributed by atoms with Gasteiger partial charge in [0.05, 0.1) is 13.2 Å². The van der Waals surface area contributed by atoms with Gasteiger partial charge in [0.25, 0.3) is 0 Å². The van der Waals surface area contributed by atoms with Crippen LogP contribution in [0.2, 0.25) is 0 Å². The maximum absolute atomic E-state index is 10.9. The van der Waals surface area contributed by atoms with E-state index >= 15 is 0 Å². The Morgan fingerprint density at radius 3 is 2.56 bits per heavy atom. The van der Waals surface area contributed by atoms with Crippen LogP contribution in [0.15, 0.2) is 29.2 Å². The number of Topliss-reactive ketones (excluding diaryl/α,β-unsaturated/α-hetero) is 1. The molecule has 4 heteroatoms. The fraction of sp³-hybridized carbons (Fsp3) is 0.500. The van der Waals surface area contributed by atoms with Gasteiger partial charge in [-0.15, -0.1) is 0 Å². The molecule has 2 rings (SSSR count). The fourth-order valence-electron chi connectivity index (χ4n) is 1.82. The molecule has 0 atom stereocenters. The molecule has 1 fully saturated rings. The molecule has 1 aromatic carbocycles. The van der Waals surface area contributed by atoms with Gasteiger partial charge in [0.2, 0.25) is 0 Å². The van der Waals surface area contributed by atoms with Crippen molar-refractivity contribution in [2.45, 2.75) is 24.7 Å². The Labute approximate surface area is 113 Å². The molecule has 18 heavy (non-hydrogen) atoms. The standard InChI is InChI=1S/C14H19NO2S/c1-12(16)2-3-13-4-6-14(7-5-13)18-15-8-10-17-11-9-15/h4-7H,2-3,8-11H2,1H3. The smallest absolute Gasteiger partial charge is 0.130 e. The molecule has 98 valence electrons. The highest BCUT2D eigenvalue weighted by atomic mass is 32.2. The number of nitrogens with zero attached hydrogens (tertiary/aromatic N) is 1. The molecule has 0 amide bonds. The number of rotatable bonds is 5. The van der Waals surface area contributed by atoms with Gasteiger partial charge in [-0.25, -0.2) is 4.31 Å². The molecule has 0 aliphatic carbocycles. The molecule has 1 aliphatic rings. The van der Waals surface area contributed by atoms with Gasteiger partial charge in [0, 0.05) is 24.4 Å². The van der Waals surface area contributed by atoms with E-state index in [2.05, 4.69) is 28.6 Å². The van der Waals surface area contributed by atoms with E-state index in [1.165, 1.54) is 10.5 Å². The summed E-state index contributed by atoms with van der Waals surface area (Å²) in [5.41, 5.74) is 1.23. The zero-order valence-electron chi connectivity index (χ0n) is 10.7. The van der Waals surface area contributed by atoms with Crippen LogP contribution in [-0.2, 0) is 16.0 Å². The van der Waals surface area contributed by atoms with Crippen LogP contribution in [0.5, 0.6) is 0 Å². The SMILES string of the molecule is CC(=O)CCc1ccc(SN2CCOCC2)cc1. The zero-order chi connectivity index (χ0) is 12.8. The lowest BCUT2D eigenvalue weighted by Crippen LogP contribution is -2.30. The summed E-state index contributed by atoms with van der Waals surface area (Å²) in [6, 6.07) is 8.50. The topological polar surface area (TPSA) is 29.5 Å². The van der Waals surface area contributed by atoms with Crippen molar-refractivity contribution in [1.29, 1.82) is 0 Å². The van der Waals surface area contributed by atoms with Gasteiger partial charge in [-0.1, -0.05) is 12.1 Å². The molecule has 1 saturated heterocycles. The van der Waals surface area contributed by atoms with Crippen LogP contribution in [0.3, 0.4) is 0 Å². The minimum Gasteiger partial charge on any atom is -0.379 e. The van der Waals surface area contributed by atoms with Crippen molar-refractivity contribution in [3.05, 3.63) is 29.8 Å². The van der Waals surface area contributed by atoms with Gasteiger partial charge >= 0.3 is 0 Å². The number of carbonyl (C=O) groups excluding carboxylic acids is 1. The van der Waals surface area contributed by atoms with Crippen molar-refractivity contribution in [3.63, 3.8) is 0 Å². The van der Waals surface area contributed by atoms with Crippen molar-refractivity contribution in [2.24, 2.45) is 0 Å². The molecule has 1 heterocycles. The third-order valence-electron chi connectivity index (χ3n) is 2.89. The van der Waals surface area contributed by atoms with Crippen molar-refractivity contribution in [2.75, 3.05) is 26.3 Å². The van der Waals surface area contributed by atoms with Gasteiger partial charge in [-0.05, 0) is 43.0 Å². The number of hydrogen-bond donors (Lipinski definition) is 0. The molecule has 3 nitrogen and oxygen atoms in total. The summed E-state index contributed by atoms with van der Waals surface area (Å²) < 4.78 is 7.65. The molecule has 0 unspecified atom stereocenters. The van der Waals surface area contributed by atoms with Crippen LogP contribution >= 0.6 is 11.9 Å². The molecule has 1 aliphatic heterocycles. The monoisotopic (exact) mass is 265 g/mol. The summed E-state index contributed by atoms with van der Waals surface area (Å²) in [4.78, 5) is 12.2. The Balaban J connectivity index is 1.84. The molecule has 1 aromatic rings.